The summed E-state index contributed by atoms with van der Waals surface area (Å²) in [6.07, 6.45) is 4.15. The van der Waals surface area contributed by atoms with E-state index >= 15 is 0 Å². The highest BCUT2D eigenvalue weighted by molar-refractivity contribution is 5.38. The zero-order valence-electron chi connectivity index (χ0n) is 13.1. The van der Waals surface area contributed by atoms with Gasteiger partial charge in [-0.1, -0.05) is 24.3 Å². The highest BCUT2D eigenvalue weighted by atomic mass is 15.0. The summed E-state index contributed by atoms with van der Waals surface area (Å²) in [6.45, 7) is 7.29. The summed E-state index contributed by atoms with van der Waals surface area (Å²) in [5.74, 6) is 1.32. The van der Waals surface area contributed by atoms with E-state index in [1.54, 1.807) is 0 Å². The largest absolute Gasteiger partial charge is 0.306 e. The number of benzene rings is 1. The summed E-state index contributed by atoms with van der Waals surface area (Å²) in [4.78, 5) is 9.31. The fraction of sp³-hybridized carbons (Fsp3) is 0.444. The van der Waals surface area contributed by atoms with Crippen molar-refractivity contribution >= 4 is 0 Å². The van der Waals surface area contributed by atoms with Crippen LogP contribution in [0.5, 0.6) is 0 Å². The van der Waals surface area contributed by atoms with E-state index in [1.165, 1.54) is 11.1 Å². The summed E-state index contributed by atoms with van der Waals surface area (Å²) in [5, 5.41) is 3.48. The summed E-state index contributed by atoms with van der Waals surface area (Å²) in [7, 11) is 0. The van der Waals surface area contributed by atoms with Crippen LogP contribution in [-0.2, 0) is 13.0 Å². The van der Waals surface area contributed by atoms with E-state index in [4.69, 9.17) is 4.98 Å². The van der Waals surface area contributed by atoms with E-state index in [9.17, 15) is 0 Å². The Morgan fingerprint density at radius 1 is 1.19 bits per heavy atom. The first kappa shape index (κ1) is 14.2. The molecule has 1 aromatic heterocycles. The molecule has 3 rings (SSSR count). The molecular weight excluding hydrogens is 258 g/mol. The summed E-state index contributed by atoms with van der Waals surface area (Å²) in [5.41, 5.74) is 4.02. The Balaban J connectivity index is 1.81. The molecule has 1 aliphatic rings. The Bertz CT molecular complexity index is 628. The van der Waals surface area contributed by atoms with Gasteiger partial charge in [0.05, 0.1) is 5.69 Å². The van der Waals surface area contributed by atoms with Crippen LogP contribution in [0.2, 0.25) is 0 Å². The van der Waals surface area contributed by atoms with Crippen LogP contribution in [0.25, 0.3) is 0 Å². The fourth-order valence-corrected chi connectivity index (χ4v) is 2.86. The van der Waals surface area contributed by atoms with E-state index in [0.29, 0.717) is 5.92 Å². The number of aryl methyl sites for hydroxylation is 1. The van der Waals surface area contributed by atoms with Gasteiger partial charge >= 0.3 is 0 Å². The van der Waals surface area contributed by atoms with Crippen LogP contribution < -0.4 is 5.32 Å². The van der Waals surface area contributed by atoms with Crippen molar-refractivity contribution in [3.8, 4) is 0 Å². The number of hydrogen-bond acceptors (Lipinski definition) is 3. The van der Waals surface area contributed by atoms with Gasteiger partial charge in [-0.25, -0.2) is 9.97 Å². The SMILES string of the molecule is CC(C)(C)NCc1ccnc(C2CCc3ccccc32)n1. The maximum Gasteiger partial charge on any atom is 0.136 e. The van der Waals surface area contributed by atoms with Crippen LogP contribution in [0.15, 0.2) is 36.5 Å². The van der Waals surface area contributed by atoms with Crippen molar-refractivity contribution in [3.63, 3.8) is 0 Å². The standard InChI is InChI=1S/C18H23N3/c1-18(2,3)20-12-14-10-11-19-17(21-14)16-9-8-13-6-4-5-7-15(13)16/h4-7,10-11,16,20H,8-9,12H2,1-3H3. The van der Waals surface area contributed by atoms with Gasteiger partial charge in [-0.05, 0) is 50.8 Å². The Kier molecular flexibility index (Phi) is 3.77. The summed E-state index contributed by atoms with van der Waals surface area (Å²) < 4.78 is 0. The second-order valence-electron chi connectivity index (χ2n) is 6.80. The third-order valence-electron chi connectivity index (χ3n) is 3.98. The van der Waals surface area contributed by atoms with Crippen LogP contribution >= 0.6 is 0 Å². The van der Waals surface area contributed by atoms with Crippen molar-refractivity contribution in [2.45, 2.75) is 51.6 Å². The minimum absolute atomic E-state index is 0.102. The molecule has 1 aliphatic carbocycles. The molecule has 0 spiro atoms. The Labute approximate surface area is 126 Å². The van der Waals surface area contributed by atoms with Gasteiger partial charge in [0.15, 0.2) is 0 Å². The first-order valence-electron chi connectivity index (χ1n) is 7.67. The molecule has 1 unspecified atom stereocenters. The van der Waals surface area contributed by atoms with E-state index in [-0.39, 0.29) is 5.54 Å². The Morgan fingerprint density at radius 3 is 2.81 bits per heavy atom. The second kappa shape index (κ2) is 5.57. The third-order valence-corrected chi connectivity index (χ3v) is 3.98. The van der Waals surface area contributed by atoms with Gasteiger partial charge in [0, 0.05) is 24.2 Å². The monoisotopic (exact) mass is 281 g/mol. The average molecular weight is 281 g/mol. The van der Waals surface area contributed by atoms with Crippen LogP contribution in [-0.4, -0.2) is 15.5 Å². The van der Waals surface area contributed by atoms with Gasteiger partial charge in [0.2, 0.25) is 0 Å². The van der Waals surface area contributed by atoms with Crippen molar-refractivity contribution in [2.75, 3.05) is 0 Å². The first-order valence-corrected chi connectivity index (χ1v) is 7.67. The van der Waals surface area contributed by atoms with Crippen molar-refractivity contribution in [1.29, 1.82) is 0 Å². The maximum absolute atomic E-state index is 4.78. The zero-order valence-corrected chi connectivity index (χ0v) is 13.1. The lowest BCUT2D eigenvalue weighted by Gasteiger charge is -2.20. The zero-order chi connectivity index (χ0) is 14.9. The molecule has 21 heavy (non-hydrogen) atoms. The first-order chi connectivity index (χ1) is 10.0. The lowest BCUT2D eigenvalue weighted by Crippen LogP contribution is -2.35. The molecule has 2 aromatic rings. The third kappa shape index (κ3) is 3.30. The predicted octanol–water partition coefficient (Wildman–Crippen LogP) is 3.44. The number of nitrogens with one attached hydrogen (secondary N) is 1. The second-order valence-corrected chi connectivity index (χ2v) is 6.80. The summed E-state index contributed by atoms with van der Waals surface area (Å²) in [6, 6.07) is 10.7. The molecule has 1 N–H and O–H groups in total. The minimum Gasteiger partial charge on any atom is -0.306 e. The molecule has 0 aliphatic heterocycles. The smallest absolute Gasteiger partial charge is 0.136 e. The highest BCUT2D eigenvalue weighted by Gasteiger charge is 2.25. The van der Waals surface area contributed by atoms with Gasteiger partial charge in [0.1, 0.15) is 5.82 Å². The molecule has 1 heterocycles. The molecular formula is C18H23N3. The molecule has 3 heteroatoms. The van der Waals surface area contributed by atoms with E-state index in [0.717, 1.165) is 30.9 Å². The van der Waals surface area contributed by atoms with Crippen molar-refractivity contribution in [3.05, 3.63) is 59.2 Å². The maximum atomic E-state index is 4.78. The average Bonchev–Trinajstić information content (AvgIpc) is 2.89. The molecule has 3 nitrogen and oxygen atoms in total. The van der Waals surface area contributed by atoms with Gasteiger partial charge in [-0.3, -0.25) is 0 Å². The normalized spacial score (nSPS) is 17.8. The molecule has 0 saturated carbocycles. The van der Waals surface area contributed by atoms with Crippen LogP contribution in [0.1, 0.15) is 55.8 Å². The fourth-order valence-electron chi connectivity index (χ4n) is 2.86. The van der Waals surface area contributed by atoms with Gasteiger partial charge < -0.3 is 5.32 Å². The minimum atomic E-state index is 0.102. The predicted molar refractivity (Wildman–Crippen MR) is 85.2 cm³/mol. The number of aromatic nitrogens is 2. The lowest BCUT2D eigenvalue weighted by molar-refractivity contribution is 0.420. The quantitative estimate of drug-likeness (QED) is 0.936. The number of fused-ring (bicyclic) bond motifs is 1. The van der Waals surface area contributed by atoms with Crippen molar-refractivity contribution < 1.29 is 0 Å². The van der Waals surface area contributed by atoms with E-state index in [2.05, 4.69) is 55.3 Å². The molecule has 1 aromatic carbocycles. The lowest BCUT2D eigenvalue weighted by atomic mass is 10.0. The van der Waals surface area contributed by atoms with Crippen LogP contribution in [0, 0.1) is 0 Å². The van der Waals surface area contributed by atoms with Gasteiger partial charge in [0.25, 0.3) is 0 Å². The topological polar surface area (TPSA) is 37.8 Å². The molecule has 1 atom stereocenters. The van der Waals surface area contributed by atoms with Crippen molar-refractivity contribution in [2.24, 2.45) is 0 Å². The number of hydrogen-bond donors (Lipinski definition) is 1. The van der Waals surface area contributed by atoms with Crippen molar-refractivity contribution in [1.82, 2.24) is 15.3 Å². The molecule has 0 fully saturated rings. The molecule has 0 amide bonds. The highest BCUT2D eigenvalue weighted by Crippen LogP contribution is 2.36. The van der Waals surface area contributed by atoms with E-state index < -0.39 is 0 Å². The number of nitrogens with zero attached hydrogens (tertiary/aromatic N) is 2. The molecule has 110 valence electrons. The van der Waals surface area contributed by atoms with Gasteiger partial charge in [-0.15, -0.1) is 0 Å². The Morgan fingerprint density at radius 2 is 2.00 bits per heavy atom. The molecule has 0 saturated heterocycles. The van der Waals surface area contributed by atoms with Gasteiger partial charge in [-0.2, -0.15) is 0 Å². The Hall–Kier alpha value is -1.74. The summed E-state index contributed by atoms with van der Waals surface area (Å²) >= 11 is 0. The molecule has 0 radical (unpaired) electrons. The van der Waals surface area contributed by atoms with Crippen LogP contribution in [0.3, 0.4) is 0 Å². The molecule has 0 bridgehead atoms. The number of rotatable bonds is 3. The van der Waals surface area contributed by atoms with Crippen LogP contribution in [0.4, 0.5) is 0 Å². The van der Waals surface area contributed by atoms with E-state index in [1.807, 2.05) is 12.3 Å².